The smallest absolute Gasteiger partial charge is 0.250 e. The first-order valence-corrected chi connectivity index (χ1v) is 4.66. The second-order valence-electron chi connectivity index (χ2n) is 2.95. The topological polar surface area (TPSA) is 60.9 Å². The Morgan fingerprint density at radius 2 is 2.20 bits per heavy atom. The van der Waals surface area contributed by atoms with Crippen LogP contribution in [-0.4, -0.2) is 15.7 Å². The first-order valence-electron chi connectivity index (χ1n) is 4.28. The van der Waals surface area contributed by atoms with Gasteiger partial charge in [0.25, 0.3) is 0 Å². The third-order valence-electron chi connectivity index (χ3n) is 2.00. The van der Waals surface area contributed by atoms with Crippen molar-refractivity contribution in [3.63, 3.8) is 0 Å². The largest absolute Gasteiger partial charge is 0.366 e. The average molecular weight is 222 g/mol. The van der Waals surface area contributed by atoms with Crippen molar-refractivity contribution in [3.8, 4) is 5.69 Å². The fourth-order valence-corrected chi connectivity index (χ4v) is 1.60. The Morgan fingerprint density at radius 3 is 2.80 bits per heavy atom. The summed E-state index contributed by atoms with van der Waals surface area (Å²) in [7, 11) is 0. The molecule has 0 atom stereocenters. The molecular weight excluding hydrogens is 214 g/mol. The molecule has 1 heterocycles. The number of carbonyl (C=O) groups excluding carboxylic acids is 1. The second kappa shape index (κ2) is 3.74. The van der Waals surface area contributed by atoms with Crippen LogP contribution in [0, 0.1) is 0 Å². The van der Waals surface area contributed by atoms with Crippen LogP contribution in [0.4, 0.5) is 0 Å². The van der Waals surface area contributed by atoms with Crippen molar-refractivity contribution in [2.75, 3.05) is 0 Å². The summed E-state index contributed by atoms with van der Waals surface area (Å²) in [5, 5.41) is 4.34. The molecular formula is C10H8ClN3O. The molecule has 1 amide bonds. The number of hydrogen-bond acceptors (Lipinski definition) is 2. The van der Waals surface area contributed by atoms with Gasteiger partial charge in [0.05, 0.1) is 16.3 Å². The lowest BCUT2D eigenvalue weighted by Crippen LogP contribution is -2.12. The molecule has 5 heteroatoms. The van der Waals surface area contributed by atoms with Crippen molar-refractivity contribution >= 4 is 17.5 Å². The van der Waals surface area contributed by atoms with Crippen molar-refractivity contribution in [1.82, 2.24) is 9.78 Å². The van der Waals surface area contributed by atoms with Gasteiger partial charge < -0.3 is 5.73 Å². The van der Waals surface area contributed by atoms with Crippen LogP contribution in [-0.2, 0) is 0 Å². The minimum Gasteiger partial charge on any atom is -0.366 e. The Labute approximate surface area is 91.3 Å². The lowest BCUT2D eigenvalue weighted by Gasteiger charge is -2.06. The third-order valence-corrected chi connectivity index (χ3v) is 2.39. The van der Waals surface area contributed by atoms with Gasteiger partial charge in [-0.05, 0) is 18.2 Å². The fraction of sp³-hybridized carbons (Fsp3) is 0. The molecule has 2 rings (SSSR count). The summed E-state index contributed by atoms with van der Waals surface area (Å²) in [5.74, 6) is -0.547. The maximum Gasteiger partial charge on any atom is 0.250 e. The van der Waals surface area contributed by atoms with E-state index in [0.717, 1.165) is 0 Å². The number of nitrogens with two attached hydrogens (primary N) is 1. The molecule has 0 bridgehead atoms. The zero-order valence-corrected chi connectivity index (χ0v) is 8.48. The van der Waals surface area contributed by atoms with Gasteiger partial charge in [-0.2, -0.15) is 5.10 Å². The molecule has 0 unspecified atom stereocenters. The van der Waals surface area contributed by atoms with E-state index in [0.29, 0.717) is 16.3 Å². The van der Waals surface area contributed by atoms with Crippen LogP contribution in [0.2, 0.25) is 5.02 Å². The summed E-state index contributed by atoms with van der Waals surface area (Å²) in [6.07, 6.45) is 3.37. The zero-order chi connectivity index (χ0) is 10.8. The number of amides is 1. The van der Waals surface area contributed by atoms with Gasteiger partial charge >= 0.3 is 0 Å². The maximum absolute atomic E-state index is 11.1. The van der Waals surface area contributed by atoms with E-state index in [-0.39, 0.29) is 0 Å². The van der Waals surface area contributed by atoms with Crippen LogP contribution in [0.5, 0.6) is 0 Å². The van der Waals surface area contributed by atoms with Gasteiger partial charge in [-0.15, -0.1) is 0 Å². The van der Waals surface area contributed by atoms with Crippen LogP contribution in [0.3, 0.4) is 0 Å². The molecule has 0 fully saturated rings. The molecule has 2 aromatic rings. The molecule has 2 N–H and O–H groups in total. The Bertz CT molecular complexity index is 493. The van der Waals surface area contributed by atoms with Crippen molar-refractivity contribution < 1.29 is 4.79 Å². The first kappa shape index (κ1) is 9.73. The molecule has 0 radical (unpaired) electrons. The van der Waals surface area contributed by atoms with E-state index in [4.69, 9.17) is 17.3 Å². The second-order valence-corrected chi connectivity index (χ2v) is 3.33. The van der Waals surface area contributed by atoms with Gasteiger partial charge in [0.2, 0.25) is 5.91 Å². The van der Waals surface area contributed by atoms with E-state index in [1.807, 2.05) is 0 Å². The van der Waals surface area contributed by atoms with Gasteiger partial charge in [-0.3, -0.25) is 4.79 Å². The number of halogens is 1. The highest BCUT2D eigenvalue weighted by Crippen LogP contribution is 2.23. The SMILES string of the molecule is NC(=O)c1cccc(-n2cccn2)c1Cl. The number of carbonyl (C=O) groups is 1. The van der Waals surface area contributed by atoms with Crippen LogP contribution < -0.4 is 5.73 Å². The normalized spacial score (nSPS) is 10.2. The Hall–Kier alpha value is -1.81. The fourth-order valence-electron chi connectivity index (χ4n) is 1.30. The third kappa shape index (κ3) is 1.71. The molecule has 0 aliphatic rings. The van der Waals surface area contributed by atoms with Crippen LogP contribution >= 0.6 is 11.6 Å². The van der Waals surface area contributed by atoms with Gasteiger partial charge in [-0.25, -0.2) is 4.68 Å². The van der Waals surface area contributed by atoms with Crippen LogP contribution in [0.1, 0.15) is 10.4 Å². The number of primary amides is 1. The monoisotopic (exact) mass is 221 g/mol. The van der Waals surface area contributed by atoms with Gasteiger partial charge in [0.15, 0.2) is 0 Å². The van der Waals surface area contributed by atoms with Gasteiger partial charge in [0, 0.05) is 12.4 Å². The highest BCUT2D eigenvalue weighted by Gasteiger charge is 2.11. The predicted octanol–water partition coefficient (Wildman–Crippen LogP) is 1.62. The molecule has 15 heavy (non-hydrogen) atoms. The van der Waals surface area contributed by atoms with Crippen molar-refractivity contribution in [3.05, 3.63) is 47.2 Å². The van der Waals surface area contributed by atoms with Gasteiger partial charge in [-0.1, -0.05) is 17.7 Å². The molecule has 0 aliphatic carbocycles. The first-order chi connectivity index (χ1) is 7.20. The number of aromatic nitrogens is 2. The van der Waals surface area contributed by atoms with E-state index >= 15 is 0 Å². The number of nitrogens with zero attached hydrogens (tertiary/aromatic N) is 2. The quantitative estimate of drug-likeness (QED) is 0.838. The van der Waals surface area contributed by atoms with Crippen molar-refractivity contribution in [2.24, 2.45) is 5.73 Å². The average Bonchev–Trinajstić information content (AvgIpc) is 2.70. The standard InChI is InChI=1S/C10H8ClN3O/c11-9-7(10(12)15)3-1-4-8(9)14-6-2-5-13-14/h1-6H,(H2,12,15). The van der Waals surface area contributed by atoms with Crippen LogP contribution in [0.25, 0.3) is 5.69 Å². The highest BCUT2D eigenvalue weighted by atomic mass is 35.5. The van der Waals surface area contributed by atoms with E-state index in [1.165, 1.54) is 0 Å². The molecule has 0 saturated carbocycles. The van der Waals surface area contributed by atoms with Crippen molar-refractivity contribution in [1.29, 1.82) is 0 Å². The summed E-state index contributed by atoms with van der Waals surface area (Å²) in [6, 6.07) is 6.83. The van der Waals surface area contributed by atoms with E-state index in [2.05, 4.69) is 5.10 Å². The summed E-state index contributed by atoms with van der Waals surface area (Å²) < 4.78 is 1.58. The molecule has 0 spiro atoms. The van der Waals surface area contributed by atoms with E-state index < -0.39 is 5.91 Å². The van der Waals surface area contributed by atoms with E-state index in [9.17, 15) is 4.79 Å². The summed E-state index contributed by atoms with van der Waals surface area (Å²) in [5.41, 5.74) is 6.12. The number of rotatable bonds is 2. The summed E-state index contributed by atoms with van der Waals surface area (Å²) >= 11 is 6.03. The Kier molecular flexibility index (Phi) is 2.43. The minimum absolute atomic E-state index is 0.296. The number of hydrogen-bond donors (Lipinski definition) is 1. The van der Waals surface area contributed by atoms with Crippen LogP contribution in [0.15, 0.2) is 36.7 Å². The molecule has 0 saturated heterocycles. The molecule has 4 nitrogen and oxygen atoms in total. The molecule has 0 aliphatic heterocycles. The molecule has 1 aromatic carbocycles. The highest BCUT2D eigenvalue weighted by molar-refractivity contribution is 6.35. The molecule has 1 aromatic heterocycles. The summed E-state index contributed by atoms with van der Waals surface area (Å²) in [4.78, 5) is 11.1. The van der Waals surface area contributed by atoms with Crippen molar-refractivity contribution in [2.45, 2.75) is 0 Å². The van der Waals surface area contributed by atoms with Gasteiger partial charge in [0.1, 0.15) is 0 Å². The summed E-state index contributed by atoms with van der Waals surface area (Å²) in [6.45, 7) is 0. The minimum atomic E-state index is -0.547. The zero-order valence-electron chi connectivity index (χ0n) is 7.72. The Balaban J connectivity index is 2.59. The predicted molar refractivity (Wildman–Crippen MR) is 57.1 cm³/mol. The molecule has 76 valence electrons. The van der Waals surface area contributed by atoms with E-state index in [1.54, 1.807) is 41.3 Å². The Morgan fingerprint density at radius 1 is 1.40 bits per heavy atom. The maximum atomic E-state index is 11.1. The lowest BCUT2D eigenvalue weighted by molar-refractivity contribution is 0.100. The lowest BCUT2D eigenvalue weighted by atomic mass is 10.2. The number of benzene rings is 1.